The fraction of sp³-hybridized carbons (Fsp3) is 1.00. The zero-order valence-electron chi connectivity index (χ0n) is 10.5. The van der Waals surface area contributed by atoms with Gasteiger partial charge in [0, 0.05) is 6.04 Å². The van der Waals surface area contributed by atoms with Gasteiger partial charge >= 0.3 is 0 Å². The van der Waals surface area contributed by atoms with E-state index >= 15 is 0 Å². The van der Waals surface area contributed by atoms with Crippen molar-refractivity contribution in [2.45, 2.75) is 64.8 Å². The Kier molecular flexibility index (Phi) is 4.07. The summed E-state index contributed by atoms with van der Waals surface area (Å²) < 4.78 is 0. The molecule has 2 rings (SSSR count). The summed E-state index contributed by atoms with van der Waals surface area (Å²) in [5, 5.41) is 3.62. The van der Waals surface area contributed by atoms with Crippen molar-refractivity contribution in [1.82, 2.24) is 5.32 Å². The lowest BCUT2D eigenvalue weighted by Gasteiger charge is -2.30. The van der Waals surface area contributed by atoms with Gasteiger partial charge in [-0.05, 0) is 56.4 Å². The van der Waals surface area contributed by atoms with Crippen LogP contribution in [0.1, 0.15) is 58.8 Å². The first-order valence-corrected chi connectivity index (χ1v) is 7.03. The average Bonchev–Trinajstić information content (AvgIpc) is 2.68. The normalized spacial score (nSPS) is 42.0. The van der Waals surface area contributed by atoms with Crippen LogP contribution in [0.25, 0.3) is 0 Å². The van der Waals surface area contributed by atoms with Crippen molar-refractivity contribution in [3.63, 3.8) is 0 Å². The highest BCUT2D eigenvalue weighted by Gasteiger charge is 2.31. The van der Waals surface area contributed by atoms with Gasteiger partial charge in [0.15, 0.2) is 0 Å². The van der Waals surface area contributed by atoms with Gasteiger partial charge in [-0.1, -0.05) is 26.7 Å². The molecular formula is C14H27N. The molecule has 1 nitrogen and oxygen atoms in total. The summed E-state index contributed by atoms with van der Waals surface area (Å²) in [5.74, 6) is 3.14. The Morgan fingerprint density at radius 2 is 1.60 bits per heavy atom. The first-order valence-electron chi connectivity index (χ1n) is 7.03. The van der Waals surface area contributed by atoms with E-state index in [1.165, 1.54) is 44.9 Å². The maximum Gasteiger partial charge on any atom is 0.00697 e. The molecule has 2 unspecified atom stereocenters. The molecule has 0 bridgehead atoms. The first-order chi connectivity index (χ1) is 7.29. The van der Waals surface area contributed by atoms with Gasteiger partial charge in [0.1, 0.15) is 0 Å². The standard InChI is InChI=1S/C14H27N/c1-3-15-14-9-8-13(10-14)12-6-4-11(2)5-7-12/h11-15H,3-10H2,1-2H3. The average molecular weight is 209 g/mol. The predicted octanol–water partition coefficient (Wildman–Crippen LogP) is 3.59. The number of hydrogen-bond donors (Lipinski definition) is 1. The van der Waals surface area contributed by atoms with E-state index in [1.54, 1.807) is 0 Å². The molecule has 0 saturated heterocycles. The lowest BCUT2D eigenvalue weighted by Crippen LogP contribution is -2.27. The Balaban J connectivity index is 1.75. The minimum atomic E-state index is 0.847. The van der Waals surface area contributed by atoms with E-state index < -0.39 is 0 Å². The summed E-state index contributed by atoms with van der Waals surface area (Å²) >= 11 is 0. The predicted molar refractivity (Wildman–Crippen MR) is 65.9 cm³/mol. The molecule has 0 heterocycles. The van der Waals surface area contributed by atoms with Gasteiger partial charge in [0.2, 0.25) is 0 Å². The first kappa shape index (κ1) is 11.4. The van der Waals surface area contributed by atoms with E-state index in [9.17, 15) is 0 Å². The smallest absolute Gasteiger partial charge is 0.00697 e. The summed E-state index contributed by atoms with van der Waals surface area (Å²) in [6.45, 7) is 5.81. The molecule has 0 amide bonds. The van der Waals surface area contributed by atoms with E-state index in [1.807, 2.05) is 0 Å². The van der Waals surface area contributed by atoms with E-state index in [2.05, 4.69) is 19.2 Å². The zero-order valence-corrected chi connectivity index (χ0v) is 10.5. The quantitative estimate of drug-likeness (QED) is 0.749. The summed E-state index contributed by atoms with van der Waals surface area (Å²) in [6.07, 6.45) is 10.4. The lowest BCUT2D eigenvalue weighted by molar-refractivity contribution is 0.212. The second-order valence-corrected chi connectivity index (χ2v) is 5.85. The van der Waals surface area contributed by atoms with Crippen molar-refractivity contribution in [3.8, 4) is 0 Å². The maximum atomic E-state index is 3.62. The van der Waals surface area contributed by atoms with Crippen LogP contribution in [0.3, 0.4) is 0 Å². The van der Waals surface area contributed by atoms with Crippen molar-refractivity contribution in [1.29, 1.82) is 0 Å². The van der Waals surface area contributed by atoms with Gasteiger partial charge in [-0.3, -0.25) is 0 Å². The summed E-state index contributed by atoms with van der Waals surface area (Å²) in [7, 11) is 0. The molecule has 2 atom stereocenters. The van der Waals surface area contributed by atoms with Crippen molar-refractivity contribution in [3.05, 3.63) is 0 Å². The molecule has 2 fully saturated rings. The zero-order chi connectivity index (χ0) is 10.7. The molecule has 2 aliphatic carbocycles. The highest BCUT2D eigenvalue weighted by Crippen LogP contribution is 2.40. The van der Waals surface area contributed by atoms with Crippen LogP contribution in [0, 0.1) is 17.8 Å². The van der Waals surface area contributed by atoms with E-state index in [4.69, 9.17) is 0 Å². The van der Waals surface area contributed by atoms with Gasteiger partial charge in [-0.25, -0.2) is 0 Å². The van der Waals surface area contributed by atoms with Gasteiger partial charge in [0.25, 0.3) is 0 Å². The molecule has 88 valence electrons. The maximum absolute atomic E-state index is 3.62. The van der Waals surface area contributed by atoms with Crippen molar-refractivity contribution < 1.29 is 0 Å². The van der Waals surface area contributed by atoms with Crippen molar-refractivity contribution in [2.24, 2.45) is 17.8 Å². The topological polar surface area (TPSA) is 12.0 Å². The van der Waals surface area contributed by atoms with Crippen molar-refractivity contribution in [2.75, 3.05) is 6.54 Å². The fourth-order valence-electron chi connectivity index (χ4n) is 3.68. The molecule has 15 heavy (non-hydrogen) atoms. The van der Waals surface area contributed by atoms with E-state index in [0.29, 0.717) is 0 Å². The summed E-state index contributed by atoms with van der Waals surface area (Å²) in [4.78, 5) is 0. The molecule has 0 radical (unpaired) electrons. The second-order valence-electron chi connectivity index (χ2n) is 5.85. The molecular weight excluding hydrogens is 182 g/mol. The third kappa shape index (κ3) is 2.96. The van der Waals surface area contributed by atoms with Crippen LogP contribution < -0.4 is 5.32 Å². The lowest BCUT2D eigenvalue weighted by atomic mass is 9.76. The van der Waals surface area contributed by atoms with Gasteiger partial charge < -0.3 is 5.32 Å². The van der Waals surface area contributed by atoms with Crippen LogP contribution in [0.2, 0.25) is 0 Å². The van der Waals surface area contributed by atoms with E-state index in [-0.39, 0.29) is 0 Å². The van der Waals surface area contributed by atoms with Crippen LogP contribution in [0.5, 0.6) is 0 Å². The Labute approximate surface area is 95.0 Å². The molecule has 2 aliphatic rings. The van der Waals surface area contributed by atoms with Gasteiger partial charge in [-0.15, -0.1) is 0 Å². The molecule has 0 spiro atoms. The summed E-state index contributed by atoms with van der Waals surface area (Å²) in [6, 6.07) is 0.847. The Hall–Kier alpha value is -0.0400. The van der Waals surface area contributed by atoms with Gasteiger partial charge in [-0.2, -0.15) is 0 Å². The van der Waals surface area contributed by atoms with E-state index in [0.717, 1.165) is 30.3 Å². The molecule has 0 aliphatic heterocycles. The Bertz CT molecular complexity index is 182. The Morgan fingerprint density at radius 1 is 0.933 bits per heavy atom. The molecule has 0 aromatic heterocycles. The molecule has 0 aromatic carbocycles. The van der Waals surface area contributed by atoms with Crippen LogP contribution in [0.4, 0.5) is 0 Å². The number of rotatable bonds is 3. The van der Waals surface area contributed by atoms with Crippen LogP contribution in [-0.4, -0.2) is 12.6 Å². The minimum Gasteiger partial charge on any atom is -0.314 e. The molecule has 1 heteroatoms. The third-order valence-electron chi connectivity index (χ3n) is 4.69. The Morgan fingerprint density at radius 3 is 2.27 bits per heavy atom. The van der Waals surface area contributed by atoms with Crippen LogP contribution >= 0.6 is 0 Å². The van der Waals surface area contributed by atoms with Crippen molar-refractivity contribution >= 4 is 0 Å². The highest BCUT2D eigenvalue weighted by molar-refractivity contribution is 4.86. The van der Waals surface area contributed by atoms with Gasteiger partial charge in [0.05, 0.1) is 0 Å². The fourth-order valence-corrected chi connectivity index (χ4v) is 3.68. The van der Waals surface area contributed by atoms with Crippen LogP contribution in [-0.2, 0) is 0 Å². The highest BCUT2D eigenvalue weighted by atomic mass is 14.9. The second kappa shape index (κ2) is 5.34. The third-order valence-corrected chi connectivity index (χ3v) is 4.69. The minimum absolute atomic E-state index is 0.847. The number of hydrogen-bond acceptors (Lipinski definition) is 1. The largest absolute Gasteiger partial charge is 0.314 e. The molecule has 1 N–H and O–H groups in total. The molecule has 0 aromatic rings. The summed E-state index contributed by atoms with van der Waals surface area (Å²) in [5.41, 5.74) is 0. The monoisotopic (exact) mass is 209 g/mol. The molecule has 2 saturated carbocycles. The number of nitrogens with one attached hydrogen (secondary N) is 1. The van der Waals surface area contributed by atoms with Crippen LogP contribution in [0.15, 0.2) is 0 Å². The SMILES string of the molecule is CCNC1CCC(C2CCC(C)CC2)C1.